The average molecular weight is 265 g/mol. The van der Waals surface area contributed by atoms with Crippen molar-refractivity contribution in [3.8, 4) is 22.3 Å². The summed E-state index contributed by atoms with van der Waals surface area (Å²) in [5, 5.41) is 0.767. The lowest BCUT2D eigenvalue weighted by atomic mass is 9.99. The highest BCUT2D eigenvalue weighted by molar-refractivity contribution is 6.30. The Hall–Kier alpha value is -2.05. The van der Waals surface area contributed by atoms with Crippen LogP contribution in [0.15, 0.2) is 78.9 Å². The fourth-order valence-electron chi connectivity index (χ4n) is 2.15. The summed E-state index contributed by atoms with van der Waals surface area (Å²) in [4.78, 5) is 0. The molecule has 3 aromatic rings. The first-order valence-electron chi connectivity index (χ1n) is 6.24. The molecule has 0 spiro atoms. The molecule has 0 aromatic heterocycles. The largest absolute Gasteiger partial charge is 0.0843 e. The van der Waals surface area contributed by atoms with Crippen LogP contribution in [-0.4, -0.2) is 0 Å². The summed E-state index contributed by atoms with van der Waals surface area (Å²) >= 11 is 5.93. The summed E-state index contributed by atoms with van der Waals surface area (Å²) in [6.07, 6.45) is 0. The van der Waals surface area contributed by atoms with Crippen LogP contribution in [0, 0.1) is 0 Å². The van der Waals surface area contributed by atoms with Crippen molar-refractivity contribution in [1.29, 1.82) is 0 Å². The highest BCUT2D eigenvalue weighted by atomic mass is 35.5. The summed E-state index contributed by atoms with van der Waals surface area (Å²) in [6, 6.07) is 26.9. The van der Waals surface area contributed by atoms with Crippen LogP contribution in [0.25, 0.3) is 22.3 Å². The van der Waals surface area contributed by atoms with E-state index < -0.39 is 0 Å². The van der Waals surface area contributed by atoms with Crippen molar-refractivity contribution in [1.82, 2.24) is 0 Å². The molecule has 0 bridgehead atoms. The van der Waals surface area contributed by atoms with Gasteiger partial charge in [-0.05, 0) is 40.5 Å². The van der Waals surface area contributed by atoms with Gasteiger partial charge in [-0.3, -0.25) is 0 Å². The maximum atomic E-state index is 5.93. The smallest absolute Gasteiger partial charge is 0.0406 e. The van der Waals surface area contributed by atoms with Gasteiger partial charge in [0.2, 0.25) is 0 Å². The van der Waals surface area contributed by atoms with Gasteiger partial charge in [0.15, 0.2) is 0 Å². The molecule has 0 radical (unpaired) electrons. The van der Waals surface area contributed by atoms with Crippen molar-refractivity contribution < 1.29 is 0 Å². The van der Waals surface area contributed by atoms with Gasteiger partial charge in [0, 0.05) is 5.02 Å². The molecule has 19 heavy (non-hydrogen) atoms. The Kier molecular flexibility index (Phi) is 3.35. The van der Waals surface area contributed by atoms with E-state index in [4.69, 9.17) is 11.6 Å². The molecule has 0 amide bonds. The molecule has 1 heteroatoms. The Morgan fingerprint density at radius 2 is 1.00 bits per heavy atom. The number of hydrogen-bond donors (Lipinski definition) is 0. The zero-order chi connectivity index (χ0) is 13.1. The van der Waals surface area contributed by atoms with Crippen molar-refractivity contribution in [3.05, 3.63) is 83.9 Å². The summed E-state index contributed by atoms with van der Waals surface area (Å²) in [7, 11) is 0. The second-order valence-electron chi connectivity index (χ2n) is 4.45. The molecule has 92 valence electrons. The summed E-state index contributed by atoms with van der Waals surface area (Å²) in [5.74, 6) is 0. The number of halogens is 1. The Morgan fingerprint density at radius 3 is 1.63 bits per heavy atom. The van der Waals surface area contributed by atoms with Gasteiger partial charge in [0.25, 0.3) is 0 Å². The molecular weight excluding hydrogens is 252 g/mol. The lowest BCUT2D eigenvalue weighted by Gasteiger charge is -2.06. The minimum absolute atomic E-state index is 0.767. The van der Waals surface area contributed by atoms with Gasteiger partial charge >= 0.3 is 0 Å². The van der Waals surface area contributed by atoms with E-state index in [9.17, 15) is 0 Å². The van der Waals surface area contributed by atoms with Crippen LogP contribution in [0.5, 0.6) is 0 Å². The van der Waals surface area contributed by atoms with Crippen LogP contribution in [0.3, 0.4) is 0 Å². The molecule has 0 aliphatic rings. The topological polar surface area (TPSA) is 0 Å². The predicted molar refractivity (Wildman–Crippen MR) is 82.3 cm³/mol. The second-order valence-corrected chi connectivity index (χ2v) is 4.89. The molecular formula is C18H13Cl. The molecule has 0 aliphatic heterocycles. The Labute approximate surface area is 118 Å². The molecule has 0 heterocycles. The molecule has 3 aromatic carbocycles. The maximum Gasteiger partial charge on any atom is 0.0406 e. The Morgan fingerprint density at radius 1 is 0.474 bits per heavy atom. The van der Waals surface area contributed by atoms with Gasteiger partial charge in [-0.25, -0.2) is 0 Å². The minimum atomic E-state index is 0.767. The third-order valence-electron chi connectivity index (χ3n) is 3.15. The number of benzene rings is 3. The molecule has 0 atom stereocenters. The normalized spacial score (nSPS) is 10.4. The predicted octanol–water partition coefficient (Wildman–Crippen LogP) is 5.67. The third kappa shape index (κ3) is 2.69. The van der Waals surface area contributed by atoms with Gasteiger partial charge in [-0.15, -0.1) is 0 Å². The van der Waals surface area contributed by atoms with E-state index in [0.717, 1.165) is 5.02 Å². The minimum Gasteiger partial charge on any atom is -0.0843 e. The van der Waals surface area contributed by atoms with E-state index in [2.05, 4.69) is 48.5 Å². The van der Waals surface area contributed by atoms with Crippen molar-refractivity contribution in [2.75, 3.05) is 0 Å². The summed E-state index contributed by atoms with van der Waals surface area (Å²) in [6.45, 7) is 0. The Bertz CT molecular complexity index is 670. The van der Waals surface area contributed by atoms with Crippen LogP contribution in [0.1, 0.15) is 0 Å². The quantitative estimate of drug-likeness (QED) is 0.559. The van der Waals surface area contributed by atoms with E-state index in [0.29, 0.717) is 0 Å². The lowest BCUT2D eigenvalue weighted by Crippen LogP contribution is -1.81. The monoisotopic (exact) mass is 264 g/mol. The fourth-order valence-corrected chi connectivity index (χ4v) is 2.28. The molecule has 0 aliphatic carbocycles. The zero-order valence-corrected chi connectivity index (χ0v) is 11.1. The van der Waals surface area contributed by atoms with Gasteiger partial charge in [0.1, 0.15) is 0 Å². The van der Waals surface area contributed by atoms with Crippen molar-refractivity contribution in [3.63, 3.8) is 0 Å². The molecule has 0 N–H and O–H groups in total. The average Bonchev–Trinajstić information content (AvgIpc) is 2.49. The van der Waals surface area contributed by atoms with Crippen molar-refractivity contribution in [2.45, 2.75) is 0 Å². The van der Waals surface area contributed by atoms with Crippen molar-refractivity contribution in [2.24, 2.45) is 0 Å². The van der Waals surface area contributed by atoms with Gasteiger partial charge in [-0.1, -0.05) is 72.3 Å². The standard InChI is InChI=1S/C18H13Cl/c19-18-11-9-15(10-12-18)17-8-4-7-16(13-17)14-5-2-1-3-6-14/h1-13H. The molecule has 0 saturated heterocycles. The van der Waals surface area contributed by atoms with Crippen molar-refractivity contribution >= 4 is 11.6 Å². The van der Waals surface area contributed by atoms with Crippen LogP contribution >= 0.6 is 11.6 Å². The maximum absolute atomic E-state index is 5.93. The molecule has 0 fully saturated rings. The van der Waals surface area contributed by atoms with Crippen LogP contribution in [0.2, 0.25) is 5.02 Å². The second kappa shape index (κ2) is 5.29. The van der Waals surface area contributed by atoms with Gasteiger partial charge in [-0.2, -0.15) is 0 Å². The SMILES string of the molecule is Clc1ccc(-c2cccc(-c3ccccc3)c2)cc1. The summed E-state index contributed by atoms with van der Waals surface area (Å²) in [5.41, 5.74) is 4.85. The first kappa shape index (κ1) is 12.0. The number of rotatable bonds is 2. The highest BCUT2D eigenvalue weighted by Gasteiger charge is 2.01. The van der Waals surface area contributed by atoms with E-state index in [1.165, 1.54) is 22.3 Å². The first-order chi connectivity index (χ1) is 9.33. The fraction of sp³-hybridized carbons (Fsp3) is 0. The Balaban J connectivity index is 2.03. The van der Waals surface area contributed by atoms with E-state index in [1.807, 2.05) is 30.3 Å². The lowest BCUT2D eigenvalue weighted by molar-refractivity contribution is 1.59. The van der Waals surface area contributed by atoms with E-state index in [1.54, 1.807) is 0 Å². The molecule has 3 rings (SSSR count). The molecule has 0 unspecified atom stereocenters. The van der Waals surface area contributed by atoms with Crippen LogP contribution in [0.4, 0.5) is 0 Å². The third-order valence-corrected chi connectivity index (χ3v) is 3.40. The van der Waals surface area contributed by atoms with Gasteiger partial charge < -0.3 is 0 Å². The first-order valence-corrected chi connectivity index (χ1v) is 6.62. The highest BCUT2D eigenvalue weighted by Crippen LogP contribution is 2.26. The summed E-state index contributed by atoms with van der Waals surface area (Å²) < 4.78 is 0. The number of hydrogen-bond acceptors (Lipinski definition) is 0. The van der Waals surface area contributed by atoms with E-state index >= 15 is 0 Å². The molecule has 0 saturated carbocycles. The van der Waals surface area contributed by atoms with Crippen LogP contribution < -0.4 is 0 Å². The van der Waals surface area contributed by atoms with Crippen LogP contribution in [-0.2, 0) is 0 Å². The molecule has 0 nitrogen and oxygen atoms in total. The zero-order valence-electron chi connectivity index (χ0n) is 10.4. The van der Waals surface area contributed by atoms with E-state index in [-0.39, 0.29) is 0 Å². The van der Waals surface area contributed by atoms with Gasteiger partial charge in [0.05, 0.1) is 0 Å².